The lowest BCUT2D eigenvalue weighted by atomic mass is 10.7. The van der Waals surface area contributed by atoms with Crippen LogP contribution < -0.4 is 21.7 Å². The molecule has 1 fully saturated rings. The molecule has 2 aromatic rings. The fraction of sp³-hybridized carbons (Fsp3) is 0.500. The number of aromatic nitrogens is 6. The van der Waals surface area contributed by atoms with Crippen LogP contribution in [0.2, 0.25) is 0 Å². The van der Waals surface area contributed by atoms with Gasteiger partial charge >= 0.3 is 11.7 Å². The van der Waals surface area contributed by atoms with Crippen molar-refractivity contribution in [2.24, 2.45) is 5.84 Å². The first-order valence-corrected chi connectivity index (χ1v) is 7.23. The number of aromatic amines is 1. The second-order valence-corrected chi connectivity index (χ2v) is 5.25. The number of nitrogens with one attached hydrogen (secondary N) is 2. The van der Waals surface area contributed by atoms with E-state index in [1.807, 2.05) is 6.92 Å². The Bertz CT molecular complexity index is 695. The number of ether oxygens (including phenoxy) is 1. The average molecular weight is 310 g/mol. The van der Waals surface area contributed by atoms with Crippen LogP contribution in [0.25, 0.3) is 0 Å². The standard InChI is InChI=1S/C10H14N8O2S/c1-2-20-7-12-6(15-11)13-8(14-7)21-10-17-16-9(19)18(10)5-3-4-5/h5H,2-4,11H2,1H3,(H,16,19)(H,12,13,14,15). The topological polar surface area (TPSA) is 137 Å². The van der Waals surface area contributed by atoms with Crippen LogP contribution in [0.3, 0.4) is 0 Å². The quantitative estimate of drug-likeness (QED) is 0.494. The number of H-pyrrole nitrogens is 1. The minimum absolute atomic E-state index is 0.166. The highest BCUT2D eigenvalue weighted by molar-refractivity contribution is 7.99. The molecular formula is C10H14N8O2S. The molecule has 0 unspecified atom stereocenters. The Morgan fingerprint density at radius 3 is 2.95 bits per heavy atom. The molecule has 0 bridgehead atoms. The normalized spacial score (nSPS) is 14.2. The molecule has 0 aliphatic heterocycles. The van der Waals surface area contributed by atoms with Crippen LogP contribution in [-0.4, -0.2) is 36.3 Å². The van der Waals surface area contributed by atoms with Crippen LogP contribution in [0, 0.1) is 0 Å². The van der Waals surface area contributed by atoms with Crippen molar-refractivity contribution in [1.29, 1.82) is 0 Å². The van der Waals surface area contributed by atoms with E-state index in [2.05, 4.69) is 30.6 Å². The highest BCUT2D eigenvalue weighted by atomic mass is 32.2. The second-order valence-electron chi connectivity index (χ2n) is 4.32. The van der Waals surface area contributed by atoms with Gasteiger partial charge in [0, 0.05) is 6.04 Å². The van der Waals surface area contributed by atoms with Gasteiger partial charge in [0.25, 0.3) is 0 Å². The lowest BCUT2D eigenvalue weighted by molar-refractivity contribution is 0.308. The van der Waals surface area contributed by atoms with Crippen molar-refractivity contribution in [2.45, 2.75) is 36.1 Å². The predicted octanol–water partition coefficient (Wildman–Crippen LogP) is -0.0732. The lowest BCUT2D eigenvalue weighted by Gasteiger charge is -2.06. The van der Waals surface area contributed by atoms with E-state index in [1.54, 1.807) is 4.57 Å². The van der Waals surface area contributed by atoms with E-state index in [0.29, 0.717) is 16.9 Å². The Labute approximate surface area is 123 Å². The van der Waals surface area contributed by atoms with Gasteiger partial charge < -0.3 is 4.74 Å². The molecule has 10 nitrogen and oxygen atoms in total. The largest absolute Gasteiger partial charge is 0.464 e. The number of nitrogen functional groups attached to an aromatic ring is 1. The first kappa shape index (κ1) is 13.8. The third kappa shape index (κ3) is 2.97. The summed E-state index contributed by atoms with van der Waals surface area (Å²) in [7, 11) is 0. The molecule has 2 aromatic heterocycles. The number of hydrogen-bond donors (Lipinski definition) is 3. The zero-order chi connectivity index (χ0) is 14.8. The summed E-state index contributed by atoms with van der Waals surface area (Å²) in [5.74, 6) is 5.51. The maximum absolute atomic E-state index is 11.7. The smallest absolute Gasteiger partial charge is 0.344 e. The van der Waals surface area contributed by atoms with Crippen molar-refractivity contribution >= 4 is 17.7 Å². The number of rotatable bonds is 6. The van der Waals surface area contributed by atoms with Crippen molar-refractivity contribution in [3.63, 3.8) is 0 Å². The fourth-order valence-electron chi connectivity index (χ4n) is 1.74. The summed E-state index contributed by atoms with van der Waals surface area (Å²) in [4.78, 5) is 24.0. The first-order valence-electron chi connectivity index (χ1n) is 6.41. The Balaban J connectivity index is 1.90. The molecule has 1 aliphatic carbocycles. The Kier molecular flexibility index (Phi) is 3.75. The van der Waals surface area contributed by atoms with E-state index in [1.165, 1.54) is 0 Å². The Hall–Kier alpha value is -2.14. The second kappa shape index (κ2) is 5.69. The molecule has 21 heavy (non-hydrogen) atoms. The number of hydrogen-bond acceptors (Lipinski definition) is 9. The Morgan fingerprint density at radius 2 is 2.29 bits per heavy atom. The molecule has 0 spiro atoms. The van der Waals surface area contributed by atoms with Gasteiger partial charge in [-0.15, -0.1) is 5.10 Å². The molecule has 0 amide bonds. The zero-order valence-electron chi connectivity index (χ0n) is 11.2. The van der Waals surface area contributed by atoms with Gasteiger partial charge in [0.15, 0.2) is 5.16 Å². The number of nitrogens with two attached hydrogens (primary N) is 1. The van der Waals surface area contributed by atoms with Gasteiger partial charge in [-0.2, -0.15) is 15.0 Å². The maximum atomic E-state index is 11.7. The molecule has 0 aromatic carbocycles. The molecule has 11 heteroatoms. The third-order valence-corrected chi connectivity index (χ3v) is 3.60. The number of hydrazine groups is 1. The summed E-state index contributed by atoms with van der Waals surface area (Å²) in [6, 6.07) is 0.373. The minimum Gasteiger partial charge on any atom is -0.464 e. The summed E-state index contributed by atoms with van der Waals surface area (Å²) in [5, 5.41) is 7.30. The average Bonchev–Trinajstić information content (AvgIpc) is 3.24. The monoisotopic (exact) mass is 310 g/mol. The first-order chi connectivity index (χ1) is 10.2. The van der Waals surface area contributed by atoms with Crippen LogP contribution in [0.4, 0.5) is 5.95 Å². The van der Waals surface area contributed by atoms with Crippen molar-refractivity contribution in [1.82, 2.24) is 29.7 Å². The molecule has 0 atom stereocenters. The molecule has 0 radical (unpaired) electrons. The third-order valence-electron chi connectivity index (χ3n) is 2.76. The van der Waals surface area contributed by atoms with Gasteiger partial charge in [-0.05, 0) is 31.5 Å². The van der Waals surface area contributed by atoms with Crippen LogP contribution in [0.5, 0.6) is 6.01 Å². The van der Waals surface area contributed by atoms with Crippen LogP contribution in [-0.2, 0) is 0 Å². The van der Waals surface area contributed by atoms with Gasteiger partial charge in [0.1, 0.15) is 0 Å². The summed E-state index contributed by atoms with van der Waals surface area (Å²) >= 11 is 1.16. The SMILES string of the molecule is CCOc1nc(NN)nc(Sc2n[nH]c(=O)n2C2CC2)n1. The minimum atomic E-state index is -0.226. The molecule has 1 saturated carbocycles. The molecule has 3 rings (SSSR count). The summed E-state index contributed by atoms with van der Waals surface area (Å²) in [6.07, 6.45) is 1.95. The van der Waals surface area contributed by atoms with Crippen LogP contribution in [0.1, 0.15) is 25.8 Å². The molecule has 112 valence electrons. The Morgan fingerprint density at radius 1 is 1.48 bits per heavy atom. The van der Waals surface area contributed by atoms with Gasteiger partial charge in [0.05, 0.1) is 6.61 Å². The lowest BCUT2D eigenvalue weighted by Crippen LogP contribution is -2.16. The highest BCUT2D eigenvalue weighted by Gasteiger charge is 2.29. The molecule has 1 aliphatic rings. The maximum Gasteiger partial charge on any atom is 0.344 e. The molecular weight excluding hydrogens is 296 g/mol. The van der Waals surface area contributed by atoms with Gasteiger partial charge in [-0.25, -0.2) is 15.7 Å². The van der Waals surface area contributed by atoms with Crippen molar-refractivity contribution < 1.29 is 4.74 Å². The van der Waals surface area contributed by atoms with E-state index in [9.17, 15) is 4.79 Å². The summed E-state index contributed by atoms with van der Waals surface area (Å²) in [6.45, 7) is 2.25. The van der Waals surface area contributed by atoms with Crippen molar-refractivity contribution in [3.05, 3.63) is 10.5 Å². The van der Waals surface area contributed by atoms with E-state index in [4.69, 9.17) is 10.6 Å². The molecule has 0 saturated heterocycles. The summed E-state index contributed by atoms with van der Waals surface area (Å²) < 4.78 is 6.87. The van der Waals surface area contributed by atoms with Crippen molar-refractivity contribution in [2.75, 3.05) is 12.0 Å². The van der Waals surface area contributed by atoms with Crippen LogP contribution >= 0.6 is 11.8 Å². The van der Waals surface area contributed by atoms with E-state index in [-0.39, 0.29) is 23.7 Å². The number of anilines is 1. The van der Waals surface area contributed by atoms with Crippen LogP contribution in [0.15, 0.2) is 15.1 Å². The van der Waals surface area contributed by atoms with Crippen molar-refractivity contribution in [3.8, 4) is 6.01 Å². The number of nitrogens with zero attached hydrogens (tertiary/aromatic N) is 5. The fourth-order valence-corrected chi connectivity index (χ4v) is 2.58. The zero-order valence-corrected chi connectivity index (χ0v) is 12.1. The highest BCUT2D eigenvalue weighted by Crippen LogP contribution is 2.37. The van der Waals surface area contributed by atoms with E-state index >= 15 is 0 Å². The predicted molar refractivity (Wildman–Crippen MR) is 74.0 cm³/mol. The summed E-state index contributed by atoms with van der Waals surface area (Å²) in [5.41, 5.74) is 2.13. The molecule has 2 heterocycles. The van der Waals surface area contributed by atoms with E-state index in [0.717, 1.165) is 24.6 Å². The van der Waals surface area contributed by atoms with Gasteiger partial charge in [-0.3, -0.25) is 9.99 Å². The molecule has 4 N–H and O–H groups in total. The van der Waals surface area contributed by atoms with Gasteiger partial charge in [0.2, 0.25) is 11.1 Å². The van der Waals surface area contributed by atoms with Gasteiger partial charge in [-0.1, -0.05) is 0 Å². The van der Waals surface area contributed by atoms with E-state index < -0.39 is 0 Å².